The fourth-order valence-corrected chi connectivity index (χ4v) is 4.33. The number of aliphatic carboxylic acids is 1. The van der Waals surface area contributed by atoms with Crippen molar-refractivity contribution in [1.82, 2.24) is 25.9 Å². The standard InChI is InChI=1S/C30H38N6O5/c1-3-19(2)26(29(39)35-25(30(40)41)15-21-12-8-5-9-13-21)36-28(38)24(16-22-17-32-18-33-22)34-27(37)23(31)14-20-10-6-4-7-11-20/h4-13,17-19,23-26H,3,14-16,31H2,1-2H3,(H,32,33)(H,34,37)(H,35,39)(H,36,38)(H,40,41). The summed E-state index contributed by atoms with van der Waals surface area (Å²) >= 11 is 0. The fraction of sp³-hybridized carbons (Fsp3) is 0.367. The molecule has 0 bridgehead atoms. The second-order valence-electron chi connectivity index (χ2n) is 10.1. The predicted octanol–water partition coefficient (Wildman–Crippen LogP) is 1.35. The number of carboxylic acids is 1. The third-order valence-electron chi connectivity index (χ3n) is 6.94. The van der Waals surface area contributed by atoms with Gasteiger partial charge in [0.25, 0.3) is 0 Å². The summed E-state index contributed by atoms with van der Waals surface area (Å²) in [5.41, 5.74) is 8.38. The Kier molecular flexibility index (Phi) is 11.6. The van der Waals surface area contributed by atoms with E-state index in [4.69, 9.17) is 5.73 Å². The minimum atomic E-state index is -1.19. The number of nitrogens with zero attached hydrogens (tertiary/aromatic N) is 1. The molecule has 0 saturated carbocycles. The monoisotopic (exact) mass is 562 g/mol. The molecule has 3 rings (SSSR count). The Balaban J connectivity index is 1.74. The second-order valence-corrected chi connectivity index (χ2v) is 10.1. The normalized spacial score (nSPS) is 14.6. The van der Waals surface area contributed by atoms with E-state index in [0.29, 0.717) is 12.1 Å². The van der Waals surface area contributed by atoms with Gasteiger partial charge in [-0.05, 0) is 23.5 Å². The van der Waals surface area contributed by atoms with Crippen molar-refractivity contribution in [2.45, 2.75) is 63.7 Å². The van der Waals surface area contributed by atoms with E-state index < -0.39 is 47.9 Å². The van der Waals surface area contributed by atoms with Crippen LogP contribution in [-0.2, 0) is 38.4 Å². The first kappa shape index (κ1) is 31.0. The van der Waals surface area contributed by atoms with Crippen LogP contribution >= 0.6 is 0 Å². The number of hydrogen-bond donors (Lipinski definition) is 6. The van der Waals surface area contributed by atoms with Crippen LogP contribution in [0.5, 0.6) is 0 Å². The van der Waals surface area contributed by atoms with Crippen LogP contribution in [-0.4, -0.2) is 62.9 Å². The van der Waals surface area contributed by atoms with Crippen LogP contribution in [0.25, 0.3) is 0 Å². The molecule has 5 atom stereocenters. The van der Waals surface area contributed by atoms with Crippen molar-refractivity contribution in [3.8, 4) is 0 Å². The topological polar surface area (TPSA) is 179 Å². The van der Waals surface area contributed by atoms with E-state index in [1.165, 1.54) is 12.5 Å². The quantitative estimate of drug-likeness (QED) is 0.162. The van der Waals surface area contributed by atoms with Crippen molar-refractivity contribution < 1.29 is 24.3 Å². The van der Waals surface area contributed by atoms with Crippen LogP contribution in [0.15, 0.2) is 73.2 Å². The van der Waals surface area contributed by atoms with E-state index in [0.717, 1.165) is 11.1 Å². The molecule has 0 aliphatic heterocycles. The number of aromatic amines is 1. The van der Waals surface area contributed by atoms with Crippen molar-refractivity contribution in [2.24, 2.45) is 11.7 Å². The molecule has 2 aromatic carbocycles. The number of H-pyrrole nitrogens is 1. The van der Waals surface area contributed by atoms with Gasteiger partial charge in [-0.3, -0.25) is 14.4 Å². The van der Waals surface area contributed by atoms with Gasteiger partial charge in [0.1, 0.15) is 18.1 Å². The molecule has 7 N–H and O–H groups in total. The van der Waals surface area contributed by atoms with Crippen LogP contribution in [0.4, 0.5) is 0 Å². The molecule has 0 radical (unpaired) electrons. The molecule has 3 amide bonds. The maximum absolute atomic E-state index is 13.5. The average Bonchev–Trinajstić information content (AvgIpc) is 3.48. The van der Waals surface area contributed by atoms with Gasteiger partial charge in [-0.15, -0.1) is 0 Å². The van der Waals surface area contributed by atoms with E-state index in [9.17, 15) is 24.3 Å². The lowest BCUT2D eigenvalue weighted by molar-refractivity contribution is -0.142. The maximum Gasteiger partial charge on any atom is 0.326 e. The molecule has 41 heavy (non-hydrogen) atoms. The minimum absolute atomic E-state index is 0.0796. The lowest BCUT2D eigenvalue weighted by atomic mass is 9.96. The van der Waals surface area contributed by atoms with Gasteiger partial charge in [-0.25, -0.2) is 9.78 Å². The Labute approximate surface area is 239 Å². The molecule has 218 valence electrons. The number of rotatable bonds is 15. The van der Waals surface area contributed by atoms with Gasteiger partial charge in [-0.1, -0.05) is 80.9 Å². The molecule has 0 aliphatic rings. The first-order valence-electron chi connectivity index (χ1n) is 13.6. The first-order chi connectivity index (χ1) is 19.7. The van der Waals surface area contributed by atoms with Crippen LogP contribution < -0.4 is 21.7 Å². The van der Waals surface area contributed by atoms with Crippen LogP contribution in [0.2, 0.25) is 0 Å². The molecule has 1 heterocycles. The number of carbonyl (C=O) groups is 4. The summed E-state index contributed by atoms with van der Waals surface area (Å²) in [6.45, 7) is 3.65. The molecule has 1 aromatic heterocycles. The third-order valence-corrected chi connectivity index (χ3v) is 6.94. The van der Waals surface area contributed by atoms with Gasteiger partial charge in [0.05, 0.1) is 12.4 Å². The highest BCUT2D eigenvalue weighted by Crippen LogP contribution is 2.12. The molecule has 3 aromatic rings. The molecule has 0 aliphatic carbocycles. The number of amides is 3. The van der Waals surface area contributed by atoms with E-state index in [2.05, 4.69) is 25.9 Å². The van der Waals surface area contributed by atoms with Crippen LogP contribution in [0.3, 0.4) is 0 Å². The fourth-order valence-electron chi connectivity index (χ4n) is 4.33. The number of nitrogens with one attached hydrogen (secondary N) is 4. The van der Waals surface area contributed by atoms with Gasteiger partial charge in [0.2, 0.25) is 17.7 Å². The summed E-state index contributed by atoms with van der Waals surface area (Å²) in [7, 11) is 0. The highest BCUT2D eigenvalue weighted by molar-refractivity contribution is 5.94. The van der Waals surface area contributed by atoms with Gasteiger partial charge < -0.3 is 31.8 Å². The summed E-state index contributed by atoms with van der Waals surface area (Å²) in [6, 6.07) is 14.0. The van der Waals surface area contributed by atoms with Crippen molar-refractivity contribution in [3.05, 3.63) is 90.0 Å². The number of aromatic nitrogens is 2. The van der Waals surface area contributed by atoms with Crippen molar-refractivity contribution in [1.29, 1.82) is 0 Å². The van der Waals surface area contributed by atoms with Crippen LogP contribution in [0, 0.1) is 5.92 Å². The summed E-state index contributed by atoms with van der Waals surface area (Å²) in [5.74, 6) is -3.26. The lowest BCUT2D eigenvalue weighted by Gasteiger charge is -2.28. The van der Waals surface area contributed by atoms with Crippen molar-refractivity contribution >= 4 is 23.7 Å². The zero-order valence-electron chi connectivity index (χ0n) is 23.2. The van der Waals surface area contributed by atoms with Gasteiger partial charge in [0, 0.05) is 24.7 Å². The Morgan fingerprint density at radius 1 is 0.829 bits per heavy atom. The maximum atomic E-state index is 13.5. The summed E-state index contributed by atoms with van der Waals surface area (Å²) < 4.78 is 0. The Morgan fingerprint density at radius 2 is 1.41 bits per heavy atom. The third kappa shape index (κ3) is 9.57. The minimum Gasteiger partial charge on any atom is -0.480 e. The molecule has 0 saturated heterocycles. The molecule has 11 heteroatoms. The smallest absolute Gasteiger partial charge is 0.326 e. The number of nitrogens with two attached hydrogens (primary N) is 1. The van der Waals surface area contributed by atoms with E-state index in [1.807, 2.05) is 43.3 Å². The Morgan fingerprint density at radius 3 is 1.95 bits per heavy atom. The molecule has 0 fully saturated rings. The number of hydrogen-bond acceptors (Lipinski definition) is 6. The molecular formula is C30H38N6O5. The zero-order valence-corrected chi connectivity index (χ0v) is 23.2. The highest BCUT2D eigenvalue weighted by atomic mass is 16.4. The summed E-state index contributed by atoms with van der Waals surface area (Å²) in [4.78, 5) is 58.7. The van der Waals surface area contributed by atoms with Crippen molar-refractivity contribution in [3.63, 3.8) is 0 Å². The average molecular weight is 563 g/mol. The molecular weight excluding hydrogens is 524 g/mol. The highest BCUT2D eigenvalue weighted by Gasteiger charge is 2.33. The predicted molar refractivity (Wildman–Crippen MR) is 153 cm³/mol. The summed E-state index contributed by atoms with van der Waals surface area (Å²) in [6.07, 6.45) is 3.98. The Bertz CT molecular complexity index is 1270. The number of carbonyl (C=O) groups excluding carboxylic acids is 3. The van der Waals surface area contributed by atoms with Gasteiger partial charge in [0.15, 0.2) is 0 Å². The van der Waals surface area contributed by atoms with E-state index >= 15 is 0 Å². The van der Waals surface area contributed by atoms with Gasteiger partial charge >= 0.3 is 5.97 Å². The number of benzene rings is 2. The second kappa shape index (κ2) is 15.3. The molecule has 11 nitrogen and oxygen atoms in total. The zero-order chi connectivity index (χ0) is 29.8. The first-order valence-corrected chi connectivity index (χ1v) is 13.6. The molecule has 0 spiro atoms. The summed E-state index contributed by atoms with van der Waals surface area (Å²) in [5, 5.41) is 17.8. The largest absolute Gasteiger partial charge is 0.480 e. The SMILES string of the molecule is CCC(C)C(NC(=O)C(Cc1cnc[nH]1)NC(=O)C(N)Cc1ccccc1)C(=O)NC(Cc1ccccc1)C(=O)O. The van der Waals surface area contributed by atoms with E-state index in [-0.39, 0.29) is 25.2 Å². The van der Waals surface area contributed by atoms with Gasteiger partial charge in [-0.2, -0.15) is 0 Å². The number of imidazole rings is 1. The molecule has 5 unspecified atom stereocenters. The Hall–Kier alpha value is -4.51. The van der Waals surface area contributed by atoms with Crippen molar-refractivity contribution in [2.75, 3.05) is 0 Å². The number of carboxylic acid groups (broad SMARTS) is 1. The van der Waals surface area contributed by atoms with Crippen LogP contribution in [0.1, 0.15) is 37.1 Å². The lowest BCUT2D eigenvalue weighted by Crippen LogP contribution is -2.59. The van der Waals surface area contributed by atoms with E-state index in [1.54, 1.807) is 31.2 Å².